The van der Waals surface area contributed by atoms with E-state index >= 15 is 0 Å². The molecule has 0 unspecified atom stereocenters. The third-order valence-corrected chi connectivity index (χ3v) is 6.81. The Morgan fingerprint density at radius 1 is 1.13 bits per heavy atom. The standard InChI is InChI=1S/C21H21N3O5S2/c1-3-29-19-13-15(10-11-18(19)28-2)14-22-23-21(25)16-7-4-5-8-17(16)24-31(26,27)20-9-6-12-30-20/h4-14,24H,3H2,1-2H3,(H,23,25). The molecule has 0 saturated heterocycles. The fraction of sp³-hybridized carbons (Fsp3) is 0.143. The van der Waals surface area contributed by atoms with Gasteiger partial charge in [0, 0.05) is 0 Å². The highest BCUT2D eigenvalue weighted by Crippen LogP contribution is 2.27. The molecule has 1 heterocycles. The Morgan fingerprint density at radius 3 is 2.65 bits per heavy atom. The van der Waals surface area contributed by atoms with Crippen molar-refractivity contribution in [1.29, 1.82) is 0 Å². The molecule has 2 N–H and O–H groups in total. The SMILES string of the molecule is CCOc1cc(C=NNC(=O)c2ccccc2NS(=O)(=O)c2cccs2)ccc1OC. The highest BCUT2D eigenvalue weighted by molar-refractivity contribution is 7.94. The molecular weight excluding hydrogens is 438 g/mol. The molecule has 10 heteroatoms. The molecule has 0 aliphatic rings. The number of carbonyl (C=O) groups excluding carboxylic acids is 1. The minimum absolute atomic E-state index is 0.143. The summed E-state index contributed by atoms with van der Waals surface area (Å²) in [5.74, 6) is 0.600. The van der Waals surface area contributed by atoms with Crippen LogP contribution in [0.1, 0.15) is 22.8 Å². The first kappa shape index (κ1) is 22.3. The number of nitrogens with zero attached hydrogens (tertiary/aromatic N) is 1. The van der Waals surface area contributed by atoms with Crippen LogP contribution in [0.15, 0.2) is 69.3 Å². The van der Waals surface area contributed by atoms with Crippen molar-refractivity contribution in [2.45, 2.75) is 11.1 Å². The van der Waals surface area contributed by atoms with Gasteiger partial charge in [-0.15, -0.1) is 11.3 Å². The maximum Gasteiger partial charge on any atom is 0.273 e. The monoisotopic (exact) mass is 459 g/mol. The molecule has 162 valence electrons. The van der Waals surface area contributed by atoms with Gasteiger partial charge in [-0.3, -0.25) is 9.52 Å². The molecule has 0 aliphatic heterocycles. The van der Waals surface area contributed by atoms with E-state index in [1.807, 2.05) is 6.92 Å². The van der Waals surface area contributed by atoms with Crippen LogP contribution in [0, 0.1) is 0 Å². The van der Waals surface area contributed by atoms with Crippen molar-refractivity contribution < 1.29 is 22.7 Å². The van der Waals surface area contributed by atoms with Gasteiger partial charge in [0.2, 0.25) is 0 Å². The van der Waals surface area contributed by atoms with Gasteiger partial charge in [-0.05, 0) is 54.3 Å². The first-order valence-corrected chi connectivity index (χ1v) is 11.6. The van der Waals surface area contributed by atoms with E-state index in [-0.39, 0.29) is 15.5 Å². The number of thiophene rings is 1. The maximum absolute atomic E-state index is 12.6. The summed E-state index contributed by atoms with van der Waals surface area (Å²) in [6.45, 7) is 2.34. The number of hydrogen-bond donors (Lipinski definition) is 2. The highest BCUT2D eigenvalue weighted by Gasteiger charge is 2.19. The van der Waals surface area contributed by atoms with Crippen molar-refractivity contribution in [2.24, 2.45) is 5.10 Å². The molecular formula is C21H21N3O5S2. The molecule has 0 radical (unpaired) electrons. The fourth-order valence-electron chi connectivity index (χ4n) is 2.65. The minimum Gasteiger partial charge on any atom is -0.493 e. The summed E-state index contributed by atoms with van der Waals surface area (Å²) < 4.78 is 38.3. The van der Waals surface area contributed by atoms with Crippen molar-refractivity contribution in [3.05, 3.63) is 71.1 Å². The Balaban J connectivity index is 1.74. The fourth-order valence-corrected chi connectivity index (χ4v) is 4.72. The van der Waals surface area contributed by atoms with Crippen LogP contribution in [0.5, 0.6) is 11.5 Å². The summed E-state index contributed by atoms with van der Waals surface area (Å²) in [6.07, 6.45) is 1.46. The molecule has 3 aromatic rings. The first-order chi connectivity index (χ1) is 14.9. The third kappa shape index (κ3) is 5.62. The van der Waals surface area contributed by atoms with E-state index in [2.05, 4.69) is 15.2 Å². The Hall–Kier alpha value is -3.37. The molecule has 0 bridgehead atoms. The van der Waals surface area contributed by atoms with Crippen LogP contribution in [-0.4, -0.2) is 34.3 Å². The van der Waals surface area contributed by atoms with E-state index in [1.54, 1.807) is 48.9 Å². The topological polar surface area (TPSA) is 106 Å². The number of hydrogen-bond acceptors (Lipinski definition) is 7. The Kier molecular flexibility index (Phi) is 7.27. The van der Waals surface area contributed by atoms with Crippen LogP contribution in [0.3, 0.4) is 0 Å². The number of para-hydroxylation sites is 1. The smallest absolute Gasteiger partial charge is 0.273 e. The van der Waals surface area contributed by atoms with E-state index in [0.29, 0.717) is 23.7 Å². The van der Waals surface area contributed by atoms with Gasteiger partial charge in [0.25, 0.3) is 15.9 Å². The van der Waals surface area contributed by atoms with Crippen molar-refractivity contribution >= 4 is 39.2 Å². The van der Waals surface area contributed by atoms with Crippen LogP contribution in [0.25, 0.3) is 0 Å². The molecule has 0 spiro atoms. The molecule has 31 heavy (non-hydrogen) atoms. The number of rotatable bonds is 9. The summed E-state index contributed by atoms with van der Waals surface area (Å²) in [5.41, 5.74) is 3.41. The van der Waals surface area contributed by atoms with Gasteiger partial charge in [-0.1, -0.05) is 18.2 Å². The van der Waals surface area contributed by atoms with Gasteiger partial charge < -0.3 is 9.47 Å². The van der Waals surface area contributed by atoms with Gasteiger partial charge in [0.05, 0.1) is 31.2 Å². The predicted molar refractivity (Wildman–Crippen MR) is 121 cm³/mol. The number of nitrogens with one attached hydrogen (secondary N) is 2. The number of ether oxygens (including phenoxy) is 2. The zero-order chi connectivity index (χ0) is 22.3. The third-order valence-electron chi connectivity index (χ3n) is 4.04. The summed E-state index contributed by atoms with van der Waals surface area (Å²) in [7, 11) is -2.23. The van der Waals surface area contributed by atoms with Crippen LogP contribution >= 0.6 is 11.3 Å². The second-order valence-electron chi connectivity index (χ2n) is 6.13. The quantitative estimate of drug-likeness (QED) is 0.375. The van der Waals surface area contributed by atoms with Crippen molar-refractivity contribution in [2.75, 3.05) is 18.4 Å². The van der Waals surface area contributed by atoms with Gasteiger partial charge in [-0.2, -0.15) is 5.10 Å². The summed E-state index contributed by atoms with van der Waals surface area (Å²) in [6, 6.07) is 14.7. The predicted octanol–water partition coefficient (Wildman–Crippen LogP) is 3.72. The van der Waals surface area contributed by atoms with Crippen LogP contribution in [0.4, 0.5) is 5.69 Å². The van der Waals surface area contributed by atoms with Crippen molar-refractivity contribution in [1.82, 2.24) is 5.43 Å². The van der Waals surface area contributed by atoms with Gasteiger partial charge in [-0.25, -0.2) is 13.8 Å². The van der Waals surface area contributed by atoms with Crippen LogP contribution in [0.2, 0.25) is 0 Å². The van der Waals surface area contributed by atoms with E-state index in [9.17, 15) is 13.2 Å². The number of anilines is 1. The molecule has 0 aliphatic carbocycles. The number of sulfonamides is 1. The van der Waals surface area contributed by atoms with E-state index in [4.69, 9.17) is 9.47 Å². The summed E-state index contributed by atoms with van der Waals surface area (Å²) >= 11 is 1.09. The molecule has 8 nitrogen and oxygen atoms in total. The molecule has 2 aromatic carbocycles. The lowest BCUT2D eigenvalue weighted by atomic mass is 10.2. The van der Waals surface area contributed by atoms with E-state index in [1.165, 1.54) is 24.4 Å². The van der Waals surface area contributed by atoms with Gasteiger partial charge in [0.1, 0.15) is 4.21 Å². The normalized spacial score (nSPS) is 11.3. The number of carbonyl (C=O) groups is 1. The second-order valence-corrected chi connectivity index (χ2v) is 8.98. The molecule has 3 rings (SSSR count). The number of amides is 1. The average Bonchev–Trinajstić information content (AvgIpc) is 3.30. The largest absolute Gasteiger partial charge is 0.493 e. The maximum atomic E-state index is 12.6. The highest BCUT2D eigenvalue weighted by atomic mass is 32.2. The van der Waals surface area contributed by atoms with Gasteiger partial charge >= 0.3 is 0 Å². The van der Waals surface area contributed by atoms with E-state index < -0.39 is 15.9 Å². The van der Waals surface area contributed by atoms with Crippen molar-refractivity contribution in [3.8, 4) is 11.5 Å². The lowest BCUT2D eigenvalue weighted by Crippen LogP contribution is -2.21. The van der Waals surface area contributed by atoms with Crippen LogP contribution < -0.4 is 19.6 Å². The van der Waals surface area contributed by atoms with Crippen LogP contribution in [-0.2, 0) is 10.0 Å². The zero-order valence-electron chi connectivity index (χ0n) is 16.9. The van der Waals surface area contributed by atoms with Gasteiger partial charge in [0.15, 0.2) is 11.5 Å². The Bertz CT molecular complexity index is 1180. The molecule has 0 fully saturated rings. The lowest BCUT2D eigenvalue weighted by Gasteiger charge is -2.11. The molecule has 0 atom stereocenters. The first-order valence-electron chi connectivity index (χ1n) is 9.24. The summed E-state index contributed by atoms with van der Waals surface area (Å²) in [5, 5.41) is 5.63. The Labute approximate surface area is 184 Å². The summed E-state index contributed by atoms with van der Waals surface area (Å²) in [4.78, 5) is 12.6. The molecule has 1 aromatic heterocycles. The number of benzene rings is 2. The Morgan fingerprint density at radius 2 is 1.94 bits per heavy atom. The van der Waals surface area contributed by atoms with Crippen molar-refractivity contribution in [3.63, 3.8) is 0 Å². The molecule has 1 amide bonds. The lowest BCUT2D eigenvalue weighted by molar-refractivity contribution is 0.0956. The second kappa shape index (κ2) is 10.1. The minimum atomic E-state index is -3.78. The number of methoxy groups -OCH3 is 1. The zero-order valence-corrected chi connectivity index (χ0v) is 18.5. The average molecular weight is 460 g/mol. The van der Waals surface area contributed by atoms with E-state index in [0.717, 1.165) is 11.3 Å². The number of hydrazone groups is 1. The molecule has 0 saturated carbocycles.